The molecule has 4 heteroatoms. The molecule has 1 heterocycles. The molecule has 0 spiro atoms. The maximum atomic E-state index is 11.0. The number of carbonyl (C=O) groups is 1. The molecule has 1 saturated heterocycles. The van der Waals surface area contributed by atoms with Crippen molar-refractivity contribution in [3.8, 4) is 11.5 Å². The van der Waals surface area contributed by atoms with Crippen LogP contribution in [0.1, 0.15) is 26.2 Å². The number of aldehydes is 1. The van der Waals surface area contributed by atoms with Crippen LogP contribution in [-0.2, 0) is 4.79 Å². The van der Waals surface area contributed by atoms with Crippen molar-refractivity contribution in [2.24, 2.45) is 0 Å². The van der Waals surface area contributed by atoms with E-state index in [1.165, 1.54) is 6.42 Å². The van der Waals surface area contributed by atoms with Crippen LogP contribution < -0.4 is 9.47 Å². The zero-order valence-electron chi connectivity index (χ0n) is 12.1. The van der Waals surface area contributed by atoms with E-state index >= 15 is 0 Å². The monoisotopic (exact) mass is 277 g/mol. The molecule has 1 aromatic carbocycles. The van der Waals surface area contributed by atoms with Gasteiger partial charge in [-0.3, -0.25) is 4.90 Å². The first-order valence-corrected chi connectivity index (χ1v) is 7.38. The molecule has 0 bridgehead atoms. The quantitative estimate of drug-likeness (QED) is 0.718. The topological polar surface area (TPSA) is 38.8 Å². The van der Waals surface area contributed by atoms with Gasteiger partial charge in [-0.25, -0.2) is 0 Å². The van der Waals surface area contributed by atoms with Crippen molar-refractivity contribution in [1.82, 2.24) is 4.90 Å². The van der Waals surface area contributed by atoms with Gasteiger partial charge < -0.3 is 14.3 Å². The van der Waals surface area contributed by atoms with Crippen molar-refractivity contribution >= 4 is 6.29 Å². The van der Waals surface area contributed by atoms with Crippen molar-refractivity contribution in [3.05, 3.63) is 24.3 Å². The first-order valence-electron chi connectivity index (χ1n) is 7.38. The molecule has 1 unspecified atom stereocenters. The third-order valence-corrected chi connectivity index (χ3v) is 3.60. The summed E-state index contributed by atoms with van der Waals surface area (Å²) in [6.07, 6.45) is 4.37. The number of ether oxygens (including phenoxy) is 2. The van der Waals surface area contributed by atoms with Crippen molar-refractivity contribution < 1.29 is 14.3 Å². The largest absolute Gasteiger partial charge is 0.494 e. The number of nitrogens with zero attached hydrogens (tertiary/aromatic N) is 1. The van der Waals surface area contributed by atoms with Crippen LogP contribution >= 0.6 is 0 Å². The van der Waals surface area contributed by atoms with Crippen LogP contribution in [0.2, 0.25) is 0 Å². The number of hydrogen-bond donors (Lipinski definition) is 0. The third kappa shape index (κ3) is 4.23. The Labute approximate surface area is 120 Å². The number of rotatable bonds is 7. The van der Waals surface area contributed by atoms with Crippen LogP contribution in [0, 0.1) is 0 Å². The molecule has 1 fully saturated rings. The second-order valence-electron chi connectivity index (χ2n) is 4.99. The summed E-state index contributed by atoms with van der Waals surface area (Å²) in [7, 11) is 0. The molecular formula is C16H23NO3. The van der Waals surface area contributed by atoms with E-state index in [0.717, 1.165) is 43.7 Å². The van der Waals surface area contributed by atoms with E-state index in [4.69, 9.17) is 9.47 Å². The van der Waals surface area contributed by atoms with E-state index in [9.17, 15) is 4.79 Å². The molecular weight excluding hydrogens is 254 g/mol. The molecule has 1 atom stereocenters. The Morgan fingerprint density at radius 1 is 1.20 bits per heavy atom. The van der Waals surface area contributed by atoms with Crippen molar-refractivity contribution in [1.29, 1.82) is 0 Å². The van der Waals surface area contributed by atoms with Crippen LogP contribution in [0.4, 0.5) is 0 Å². The van der Waals surface area contributed by atoms with Gasteiger partial charge in [0.2, 0.25) is 0 Å². The van der Waals surface area contributed by atoms with Gasteiger partial charge in [0.05, 0.1) is 12.6 Å². The Balaban J connectivity index is 1.75. The van der Waals surface area contributed by atoms with Gasteiger partial charge in [-0.1, -0.05) is 6.42 Å². The van der Waals surface area contributed by atoms with Crippen LogP contribution in [0.25, 0.3) is 0 Å². The molecule has 1 aliphatic rings. The number of likely N-dealkylation sites (tertiary alicyclic amines) is 1. The maximum Gasteiger partial charge on any atom is 0.137 e. The van der Waals surface area contributed by atoms with Crippen molar-refractivity contribution in [3.63, 3.8) is 0 Å². The van der Waals surface area contributed by atoms with Crippen molar-refractivity contribution in [2.45, 2.75) is 32.2 Å². The minimum Gasteiger partial charge on any atom is -0.494 e. The molecule has 0 N–H and O–H groups in total. The third-order valence-electron chi connectivity index (χ3n) is 3.60. The Bertz CT molecular complexity index is 405. The molecule has 0 saturated carbocycles. The lowest BCUT2D eigenvalue weighted by atomic mass is 10.0. The first-order chi connectivity index (χ1) is 9.83. The summed E-state index contributed by atoms with van der Waals surface area (Å²) in [5.41, 5.74) is 0. The molecule has 4 nitrogen and oxygen atoms in total. The first kappa shape index (κ1) is 14.9. The molecule has 20 heavy (non-hydrogen) atoms. The zero-order chi connectivity index (χ0) is 14.2. The minimum absolute atomic E-state index is 0.0766. The van der Waals surface area contributed by atoms with Crippen LogP contribution in [0.3, 0.4) is 0 Å². The SMILES string of the molecule is CCOc1ccc(OCCN2CCCCC2C=O)cc1. The highest BCUT2D eigenvalue weighted by Gasteiger charge is 2.21. The Morgan fingerprint density at radius 3 is 2.55 bits per heavy atom. The number of piperidine rings is 1. The maximum absolute atomic E-state index is 11.0. The smallest absolute Gasteiger partial charge is 0.137 e. The summed E-state index contributed by atoms with van der Waals surface area (Å²) in [6, 6.07) is 7.73. The van der Waals surface area contributed by atoms with E-state index in [2.05, 4.69) is 4.90 Å². The van der Waals surface area contributed by atoms with Crippen LogP contribution in [0.15, 0.2) is 24.3 Å². The van der Waals surface area contributed by atoms with E-state index < -0.39 is 0 Å². The second kappa shape index (κ2) is 7.90. The van der Waals surface area contributed by atoms with E-state index in [0.29, 0.717) is 13.2 Å². The van der Waals surface area contributed by atoms with Gasteiger partial charge in [0.15, 0.2) is 0 Å². The average molecular weight is 277 g/mol. The highest BCUT2D eigenvalue weighted by molar-refractivity contribution is 5.57. The van der Waals surface area contributed by atoms with Crippen LogP contribution in [0.5, 0.6) is 11.5 Å². The van der Waals surface area contributed by atoms with Gasteiger partial charge in [-0.15, -0.1) is 0 Å². The lowest BCUT2D eigenvalue weighted by Gasteiger charge is -2.31. The Morgan fingerprint density at radius 2 is 1.90 bits per heavy atom. The highest BCUT2D eigenvalue weighted by Crippen LogP contribution is 2.18. The van der Waals surface area contributed by atoms with Gasteiger partial charge in [0.1, 0.15) is 24.4 Å². The van der Waals surface area contributed by atoms with E-state index in [1.807, 2.05) is 31.2 Å². The molecule has 1 aromatic rings. The van der Waals surface area contributed by atoms with Gasteiger partial charge in [-0.05, 0) is 50.6 Å². The summed E-state index contributed by atoms with van der Waals surface area (Å²) >= 11 is 0. The molecule has 0 amide bonds. The Kier molecular flexibility index (Phi) is 5.87. The van der Waals surface area contributed by atoms with Gasteiger partial charge in [0.25, 0.3) is 0 Å². The van der Waals surface area contributed by atoms with E-state index in [-0.39, 0.29) is 6.04 Å². The lowest BCUT2D eigenvalue weighted by Crippen LogP contribution is -2.42. The molecule has 0 aliphatic carbocycles. The summed E-state index contributed by atoms with van der Waals surface area (Å²) < 4.78 is 11.1. The van der Waals surface area contributed by atoms with E-state index in [1.54, 1.807) is 0 Å². The predicted octanol–water partition coefficient (Wildman–Crippen LogP) is 2.52. The average Bonchev–Trinajstić information content (AvgIpc) is 2.50. The second-order valence-corrected chi connectivity index (χ2v) is 4.99. The molecule has 2 rings (SSSR count). The van der Waals surface area contributed by atoms with Crippen molar-refractivity contribution in [2.75, 3.05) is 26.3 Å². The van der Waals surface area contributed by atoms with Gasteiger partial charge in [-0.2, -0.15) is 0 Å². The fraction of sp³-hybridized carbons (Fsp3) is 0.562. The molecule has 0 aromatic heterocycles. The molecule has 0 radical (unpaired) electrons. The standard InChI is InChI=1S/C16H23NO3/c1-2-19-15-6-8-16(9-7-15)20-12-11-17-10-4-3-5-14(17)13-18/h6-9,13-14H,2-5,10-12H2,1H3. The summed E-state index contributed by atoms with van der Waals surface area (Å²) in [6.45, 7) is 5.04. The number of hydrogen-bond acceptors (Lipinski definition) is 4. The fourth-order valence-corrected chi connectivity index (χ4v) is 2.53. The normalized spacial score (nSPS) is 19.6. The molecule has 1 aliphatic heterocycles. The zero-order valence-corrected chi connectivity index (χ0v) is 12.1. The number of benzene rings is 1. The van der Waals surface area contributed by atoms with Gasteiger partial charge >= 0.3 is 0 Å². The minimum atomic E-state index is 0.0766. The molecule has 110 valence electrons. The summed E-state index contributed by atoms with van der Waals surface area (Å²) in [5, 5.41) is 0. The highest BCUT2D eigenvalue weighted by atomic mass is 16.5. The summed E-state index contributed by atoms with van der Waals surface area (Å²) in [4.78, 5) is 13.2. The Hall–Kier alpha value is -1.55. The summed E-state index contributed by atoms with van der Waals surface area (Å²) in [5.74, 6) is 1.70. The van der Waals surface area contributed by atoms with Crippen LogP contribution in [-0.4, -0.2) is 43.5 Å². The fourth-order valence-electron chi connectivity index (χ4n) is 2.53. The lowest BCUT2D eigenvalue weighted by molar-refractivity contribution is -0.113. The predicted molar refractivity (Wildman–Crippen MR) is 78.4 cm³/mol. The van der Waals surface area contributed by atoms with Gasteiger partial charge in [0, 0.05) is 6.54 Å². The number of carbonyl (C=O) groups excluding carboxylic acids is 1.